The van der Waals surface area contributed by atoms with Crippen LogP contribution in [0.5, 0.6) is 0 Å². The first-order chi connectivity index (χ1) is 10.9. The van der Waals surface area contributed by atoms with Crippen LogP contribution in [0.2, 0.25) is 0 Å². The Morgan fingerprint density at radius 3 is 2.39 bits per heavy atom. The molecule has 0 unspecified atom stereocenters. The normalized spacial score (nSPS) is 11.7. The van der Waals surface area contributed by atoms with Gasteiger partial charge in [-0.2, -0.15) is 13.2 Å². The minimum absolute atomic E-state index is 0.0456. The van der Waals surface area contributed by atoms with Crippen LogP contribution in [-0.2, 0) is 6.18 Å². The molecule has 1 aromatic carbocycles. The number of hydrogen-bond donors (Lipinski definition) is 0. The third-order valence-electron chi connectivity index (χ3n) is 2.93. The monoisotopic (exact) mass is 326 g/mol. The van der Waals surface area contributed by atoms with Crippen molar-refractivity contribution in [3.05, 3.63) is 60.2 Å². The highest BCUT2D eigenvalue weighted by molar-refractivity contribution is 5.58. The number of aromatic nitrogens is 4. The standard InChI is InChI=1S/C14H7F5N4/c15-10-4-3-8(6-11(10)16)12-21-13(14(17,18)19)22-23(12)9-2-1-5-20-7-9/h1-7H. The fourth-order valence-electron chi connectivity index (χ4n) is 1.91. The van der Waals surface area contributed by atoms with Crippen molar-refractivity contribution in [3.8, 4) is 17.1 Å². The maximum Gasteiger partial charge on any atom is 0.453 e. The summed E-state index contributed by atoms with van der Waals surface area (Å²) in [5, 5.41) is 3.40. The van der Waals surface area contributed by atoms with Crippen molar-refractivity contribution in [1.82, 2.24) is 19.7 Å². The molecule has 0 aliphatic heterocycles. The molecule has 9 heteroatoms. The van der Waals surface area contributed by atoms with Crippen molar-refractivity contribution in [2.24, 2.45) is 0 Å². The summed E-state index contributed by atoms with van der Waals surface area (Å²) in [4.78, 5) is 7.20. The molecule has 0 N–H and O–H groups in total. The zero-order valence-electron chi connectivity index (χ0n) is 11.2. The van der Waals surface area contributed by atoms with Gasteiger partial charge in [-0.05, 0) is 30.3 Å². The third kappa shape index (κ3) is 2.89. The SMILES string of the molecule is Fc1ccc(-c2nc(C(F)(F)F)nn2-c2cccnc2)cc1F. The second-order valence-corrected chi connectivity index (χ2v) is 4.51. The van der Waals surface area contributed by atoms with Gasteiger partial charge in [0.25, 0.3) is 5.82 Å². The molecule has 0 bridgehead atoms. The van der Waals surface area contributed by atoms with Gasteiger partial charge < -0.3 is 0 Å². The predicted molar refractivity (Wildman–Crippen MR) is 69.5 cm³/mol. The zero-order valence-corrected chi connectivity index (χ0v) is 11.2. The molecule has 3 rings (SSSR count). The van der Waals surface area contributed by atoms with Gasteiger partial charge in [0.2, 0.25) is 0 Å². The first-order valence-corrected chi connectivity index (χ1v) is 6.26. The number of benzene rings is 1. The van der Waals surface area contributed by atoms with Crippen molar-refractivity contribution in [1.29, 1.82) is 0 Å². The first-order valence-electron chi connectivity index (χ1n) is 6.26. The second-order valence-electron chi connectivity index (χ2n) is 4.51. The Hall–Kier alpha value is -2.84. The maximum absolute atomic E-state index is 13.4. The van der Waals surface area contributed by atoms with Crippen LogP contribution in [0.25, 0.3) is 17.1 Å². The first kappa shape index (κ1) is 15.1. The van der Waals surface area contributed by atoms with Crippen LogP contribution >= 0.6 is 0 Å². The molecule has 0 atom stereocenters. The second kappa shape index (κ2) is 5.41. The average molecular weight is 326 g/mol. The van der Waals surface area contributed by atoms with Crippen LogP contribution in [0.1, 0.15) is 5.82 Å². The van der Waals surface area contributed by atoms with E-state index in [4.69, 9.17) is 0 Å². The molecule has 0 fully saturated rings. The highest BCUT2D eigenvalue weighted by Crippen LogP contribution is 2.30. The van der Waals surface area contributed by atoms with Gasteiger partial charge in [0.05, 0.1) is 11.9 Å². The van der Waals surface area contributed by atoms with Crippen molar-refractivity contribution in [2.45, 2.75) is 6.18 Å². The summed E-state index contributed by atoms with van der Waals surface area (Å²) in [6.07, 6.45) is -2.07. The molecule has 0 spiro atoms. The van der Waals surface area contributed by atoms with E-state index in [0.717, 1.165) is 22.9 Å². The largest absolute Gasteiger partial charge is 0.453 e. The Bertz CT molecular complexity index is 842. The molecular weight excluding hydrogens is 319 g/mol. The van der Waals surface area contributed by atoms with E-state index in [-0.39, 0.29) is 17.1 Å². The van der Waals surface area contributed by atoms with Crippen LogP contribution in [-0.4, -0.2) is 19.7 Å². The fraction of sp³-hybridized carbons (Fsp3) is 0.0714. The summed E-state index contributed by atoms with van der Waals surface area (Å²) in [6, 6.07) is 5.65. The summed E-state index contributed by atoms with van der Waals surface area (Å²) in [6.45, 7) is 0. The van der Waals surface area contributed by atoms with Crippen molar-refractivity contribution in [3.63, 3.8) is 0 Å². The number of pyridine rings is 1. The summed E-state index contributed by atoms with van der Waals surface area (Å²) in [5.74, 6) is -3.97. The lowest BCUT2D eigenvalue weighted by Crippen LogP contribution is -2.08. The molecule has 0 aliphatic rings. The molecular formula is C14H7F5N4. The minimum Gasteiger partial charge on any atom is -0.262 e. The van der Waals surface area contributed by atoms with Crippen LogP contribution in [0, 0.1) is 11.6 Å². The molecule has 3 aromatic rings. The number of hydrogen-bond acceptors (Lipinski definition) is 3. The van der Waals surface area contributed by atoms with Crippen molar-refractivity contribution < 1.29 is 22.0 Å². The number of nitrogens with zero attached hydrogens (tertiary/aromatic N) is 4. The molecule has 0 aliphatic carbocycles. The van der Waals surface area contributed by atoms with Gasteiger partial charge in [-0.1, -0.05) is 0 Å². The molecule has 118 valence electrons. The van der Waals surface area contributed by atoms with Gasteiger partial charge in [0.1, 0.15) is 0 Å². The van der Waals surface area contributed by atoms with Crippen LogP contribution in [0.15, 0.2) is 42.7 Å². The predicted octanol–water partition coefficient (Wildman–Crippen LogP) is 3.63. The Labute approximate surface area is 126 Å². The molecule has 0 radical (unpaired) electrons. The van der Waals surface area contributed by atoms with Gasteiger partial charge in [-0.25, -0.2) is 18.4 Å². The van der Waals surface area contributed by atoms with Gasteiger partial charge >= 0.3 is 6.18 Å². The van der Waals surface area contributed by atoms with E-state index >= 15 is 0 Å². The van der Waals surface area contributed by atoms with E-state index in [1.54, 1.807) is 0 Å². The average Bonchev–Trinajstić information content (AvgIpc) is 2.96. The third-order valence-corrected chi connectivity index (χ3v) is 2.93. The number of halogens is 5. The topological polar surface area (TPSA) is 43.6 Å². The Morgan fingerprint density at radius 1 is 1.00 bits per heavy atom. The summed E-state index contributed by atoms with van der Waals surface area (Å²) < 4.78 is 65.9. The lowest BCUT2D eigenvalue weighted by molar-refractivity contribution is -0.144. The van der Waals surface area contributed by atoms with Crippen LogP contribution in [0.4, 0.5) is 22.0 Å². The molecule has 4 nitrogen and oxygen atoms in total. The lowest BCUT2D eigenvalue weighted by atomic mass is 10.2. The van der Waals surface area contributed by atoms with E-state index in [1.165, 1.54) is 24.5 Å². The Morgan fingerprint density at radius 2 is 1.78 bits per heavy atom. The quantitative estimate of drug-likeness (QED) is 0.676. The molecule has 2 heterocycles. The molecule has 2 aromatic heterocycles. The Balaban J connectivity index is 2.22. The highest BCUT2D eigenvalue weighted by atomic mass is 19.4. The number of alkyl halides is 3. The van der Waals surface area contributed by atoms with Crippen LogP contribution < -0.4 is 0 Å². The lowest BCUT2D eigenvalue weighted by Gasteiger charge is -2.05. The van der Waals surface area contributed by atoms with Gasteiger partial charge in [-0.3, -0.25) is 4.98 Å². The van der Waals surface area contributed by atoms with Crippen molar-refractivity contribution >= 4 is 0 Å². The smallest absolute Gasteiger partial charge is 0.262 e. The molecule has 0 amide bonds. The van der Waals surface area contributed by atoms with Gasteiger partial charge in [0, 0.05) is 11.8 Å². The van der Waals surface area contributed by atoms with Crippen molar-refractivity contribution in [2.75, 3.05) is 0 Å². The van der Waals surface area contributed by atoms with Gasteiger partial charge in [0.15, 0.2) is 17.5 Å². The van der Waals surface area contributed by atoms with E-state index in [2.05, 4.69) is 15.1 Å². The highest BCUT2D eigenvalue weighted by Gasteiger charge is 2.37. The molecule has 23 heavy (non-hydrogen) atoms. The molecule has 0 saturated carbocycles. The minimum atomic E-state index is -4.78. The summed E-state index contributed by atoms with van der Waals surface area (Å²) in [7, 11) is 0. The summed E-state index contributed by atoms with van der Waals surface area (Å²) in [5.41, 5.74) is 0.158. The Kier molecular flexibility index (Phi) is 3.55. The van der Waals surface area contributed by atoms with E-state index in [9.17, 15) is 22.0 Å². The molecule has 0 saturated heterocycles. The maximum atomic E-state index is 13.4. The summed E-state index contributed by atoms with van der Waals surface area (Å²) >= 11 is 0. The zero-order chi connectivity index (χ0) is 16.6. The van der Waals surface area contributed by atoms with E-state index < -0.39 is 23.6 Å². The number of rotatable bonds is 2. The van der Waals surface area contributed by atoms with E-state index in [1.807, 2.05) is 0 Å². The van der Waals surface area contributed by atoms with Gasteiger partial charge in [-0.15, -0.1) is 5.10 Å². The van der Waals surface area contributed by atoms with Crippen LogP contribution in [0.3, 0.4) is 0 Å². The van der Waals surface area contributed by atoms with E-state index in [0.29, 0.717) is 0 Å². The fourth-order valence-corrected chi connectivity index (χ4v) is 1.91.